The molecule has 1 aliphatic carbocycles. The lowest BCUT2D eigenvalue weighted by Gasteiger charge is -2.16. The number of thioether (sulfide) groups is 1. The van der Waals surface area contributed by atoms with Crippen LogP contribution in [0.25, 0.3) is 0 Å². The van der Waals surface area contributed by atoms with Crippen LogP contribution in [0.1, 0.15) is 38.2 Å². The summed E-state index contributed by atoms with van der Waals surface area (Å²) in [5, 5.41) is 3.69. The van der Waals surface area contributed by atoms with Crippen molar-refractivity contribution in [3.8, 4) is 0 Å². The molecule has 1 fully saturated rings. The van der Waals surface area contributed by atoms with Crippen molar-refractivity contribution in [3.63, 3.8) is 0 Å². The van der Waals surface area contributed by atoms with Crippen molar-refractivity contribution in [2.75, 3.05) is 6.26 Å². The lowest BCUT2D eigenvalue weighted by Crippen LogP contribution is -2.28. The highest BCUT2D eigenvalue weighted by molar-refractivity contribution is 7.98. The Morgan fingerprint density at radius 1 is 1.29 bits per heavy atom. The van der Waals surface area contributed by atoms with Gasteiger partial charge >= 0.3 is 0 Å². The molecular weight excluding hydrogens is 226 g/mol. The second kappa shape index (κ2) is 6.46. The molecule has 1 aromatic rings. The smallest absolute Gasteiger partial charge is 0.0208 e. The van der Waals surface area contributed by atoms with Gasteiger partial charge in [-0.05, 0) is 42.7 Å². The minimum absolute atomic E-state index is 0.711. The molecular formula is C15H23NS. The summed E-state index contributed by atoms with van der Waals surface area (Å²) >= 11 is 1.80. The van der Waals surface area contributed by atoms with Crippen LogP contribution in [0.3, 0.4) is 0 Å². The summed E-state index contributed by atoms with van der Waals surface area (Å²) in [5.41, 5.74) is 1.40. The van der Waals surface area contributed by atoms with E-state index in [2.05, 4.69) is 42.8 Å². The van der Waals surface area contributed by atoms with E-state index >= 15 is 0 Å². The van der Waals surface area contributed by atoms with E-state index in [1.54, 1.807) is 11.8 Å². The first-order chi connectivity index (χ1) is 8.31. The Labute approximate surface area is 109 Å². The van der Waals surface area contributed by atoms with Crippen molar-refractivity contribution >= 4 is 11.8 Å². The normalized spacial score (nSPS) is 17.1. The predicted molar refractivity (Wildman–Crippen MR) is 76.5 cm³/mol. The largest absolute Gasteiger partial charge is 0.310 e. The molecule has 0 heterocycles. The fourth-order valence-electron chi connectivity index (χ4n) is 2.16. The highest BCUT2D eigenvalue weighted by Crippen LogP contribution is 2.34. The summed E-state index contributed by atoms with van der Waals surface area (Å²) in [6.45, 7) is 3.30. The lowest BCUT2D eigenvalue weighted by molar-refractivity contribution is 0.445. The van der Waals surface area contributed by atoms with Crippen molar-refractivity contribution in [2.45, 2.75) is 50.1 Å². The Morgan fingerprint density at radius 3 is 2.53 bits per heavy atom. The molecule has 0 aromatic heterocycles. The minimum Gasteiger partial charge on any atom is -0.310 e. The third-order valence-corrected chi connectivity index (χ3v) is 4.31. The molecule has 2 heteroatoms. The average molecular weight is 249 g/mol. The van der Waals surface area contributed by atoms with E-state index in [1.807, 2.05) is 0 Å². The maximum Gasteiger partial charge on any atom is 0.0208 e. The standard InChI is InChI=1S/C15H23NS/c1-3-14(10-12-4-5-12)16-11-13-6-8-15(17-2)9-7-13/h6-9,12,14,16H,3-5,10-11H2,1-2H3. The van der Waals surface area contributed by atoms with Gasteiger partial charge in [0.2, 0.25) is 0 Å². The topological polar surface area (TPSA) is 12.0 Å². The van der Waals surface area contributed by atoms with Crippen LogP contribution < -0.4 is 5.32 Å². The molecule has 1 N–H and O–H groups in total. The average Bonchev–Trinajstić information content (AvgIpc) is 3.19. The van der Waals surface area contributed by atoms with E-state index in [-0.39, 0.29) is 0 Å². The number of benzene rings is 1. The van der Waals surface area contributed by atoms with Gasteiger partial charge in [-0.2, -0.15) is 0 Å². The zero-order valence-corrected chi connectivity index (χ0v) is 11.7. The van der Waals surface area contributed by atoms with Crippen LogP contribution in [0.5, 0.6) is 0 Å². The van der Waals surface area contributed by atoms with E-state index in [9.17, 15) is 0 Å². The van der Waals surface area contributed by atoms with Gasteiger partial charge in [0.25, 0.3) is 0 Å². The third-order valence-electron chi connectivity index (χ3n) is 3.56. The summed E-state index contributed by atoms with van der Waals surface area (Å²) in [5.74, 6) is 1.02. The lowest BCUT2D eigenvalue weighted by atomic mass is 10.1. The van der Waals surface area contributed by atoms with E-state index in [1.165, 1.54) is 36.1 Å². The number of rotatable bonds is 7. The highest BCUT2D eigenvalue weighted by Gasteiger charge is 2.24. The van der Waals surface area contributed by atoms with Crippen LogP contribution in [-0.4, -0.2) is 12.3 Å². The van der Waals surface area contributed by atoms with Crippen molar-refractivity contribution in [1.29, 1.82) is 0 Å². The minimum atomic E-state index is 0.711. The SMILES string of the molecule is CCC(CC1CC1)NCc1ccc(SC)cc1. The van der Waals surface area contributed by atoms with Crippen LogP contribution >= 0.6 is 11.8 Å². The van der Waals surface area contributed by atoms with Gasteiger partial charge in [-0.1, -0.05) is 31.9 Å². The van der Waals surface area contributed by atoms with E-state index in [4.69, 9.17) is 0 Å². The summed E-state index contributed by atoms with van der Waals surface area (Å²) in [7, 11) is 0. The van der Waals surface area contributed by atoms with Crippen molar-refractivity contribution in [2.24, 2.45) is 5.92 Å². The van der Waals surface area contributed by atoms with Gasteiger partial charge in [0.05, 0.1) is 0 Å². The Kier molecular flexibility index (Phi) is 4.93. The van der Waals surface area contributed by atoms with Gasteiger partial charge in [0.1, 0.15) is 0 Å². The Morgan fingerprint density at radius 2 is 2.00 bits per heavy atom. The Balaban J connectivity index is 1.78. The molecule has 1 unspecified atom stereocenters. The van der Waals surface area contributed by atoms with Crippen molar-refractivity contribution in [1.82, 2.24) is 5.32 Å². The number of hydrogen-bond acceptors (Lipinski definition) is 2. The van der Waals surface area contributed by atoms with Crippen LogP contribution in [0.2, 0.25) is 0 Å². The van der Waals surface area contributed by atoms with E-state index in [0.717, 1.165) is 12.5 Å². The van der Waals surface area contributed by atoms with Gasteiger partial charge in [-0.15, -0.1) is 11.8 Å². The molecule has 1 aromatic carbocycles. The zero-order chi connectivity index (χ0) is 12.1. The third kappa shape index (κ3) is 4.36. The van der Waals surface area contributed by atoms with E-state index < -0.39 is 0 Å². The first-order valence-corrected chi connectivity index (χ1v) is 7.90. The first-order valence-electron chi connectivity index (χ1n) is 6.68. The second-order valence-electron chi connectivity index (χ2n) is 5.01. The first kappa shape index (κ1) is 13.0. The molecule has 0 spiro atoms. The molecule has 0 saturated heterocycles. The maximum absolute atomic E-state index is 3.69. The van der Waals surface area contributed by atoms with Crippen LogP contribution in [0.15, 0.2) is 29.2 Å². The van der Waals surface area contributed by atoms with Crippen molar-refractivity contribution < 1.29 is 0 Å². The number of nitrogens with one attached hydrogen (secondary N) is 1. The van der Waals surface area contributed by atoms with Crippen LogP contribution in [-0.2, 0) is 6.54 Å². The van der Waals surface area contributed by atoms with Crippen LogP contribution in [0, 0.1) is 5.92 Å². The second-order valence-corrected chi connectivity index (χ2v) is 5.89. The monoisotopic (exact) mass is 249 g/mol. The van der Waals surface area contributed by atoms with Crippen LogP contribution in [0.4, 0.5) is 0 Å². The van der Waals surface area contributed by atoms with Gasteiger partial charge in [0.15, 0.2) is 0 Å². The Bertz CT molecular complexity index is 329. The highest BCUT2D eigenvalue weighted by atomic mass is 32.2. The molecule has 2 rings (SSSR count). The zero-order valence-electron chi connectivity index (χ0n) is 10.9. The maximum atomic E-state index is 3.69. The van der Waals surface area contributed by atoms with Gasteiger partial charge in [-0.25, -0.2) is 0 Å². The summed E-state index contributed by atoms with van der Waals surface area (Å²) in [4.78, 5) is 1.35. The van der Waals surface area contributed by atoms with Gasteiger partial charge < -0.3 is 5.32 Å². The molecule has 17 heavy (non-hydrogen) atoms. The quantitative estimate of drug-likeness (QED) is 0.731. The molecule has 1 aliphatic rings. The van der Waals surface area contributed by atoms with Gasteiger partial charge in [0, 0.05) is 17.5 Å². The van der Waals surface area contributed by atoms with Gasteiger partial charge in [-0.3, -0.25) is 0 Å². The predicted octanol–water partition coefficient (Wildman–Crippen LogP) is 4.08. The molecule has 0 radical (unpaired) electrons. The molecule has 1 nitrogen and oxygen atoms in total. The number of hydrogen-bond donors (Lipinski definition) is 1. The Hall–Kier alpha value is -0.470. The molecule has 1 atom stereocenters. The summed E-state index contributed by atoms with van der Waals surface area (Å²) in [6.07, 6.45) is 7.66. The molecule has 0 bridgehead atoms. The molecule has 94 valence electrons. The molecule has 0 aliphatic heterocycles. The molecule has 1 saturated carbocycles. The fraction of sp³-hybridized carbons (Fsp3) is 0.600. The summed E-state index contributed by atoms with van der Waals surface area (Å²) in [6, 6.07) is 9.61. The molecule has 0 amide bonds. The summed E-state index contributed by atoms with van der Waals surface area (Å²) < 4.78 is 0. The van der Waals surface area contributed by atoms with E-state index in [0.29, 0.717) is 6.04 Å². The fourth-order valence-corrected chi connectivity index (χ4v) is 2.56. The van der Waals surface area contributed by atoms with Crippen molar-refractivity contribution in [3.05, 3.63) is 29.8 Å².